The van der Waals surface area contributed by atoms with Crippen LogP contribution >= 0.6 is 0 Å². The number of ether oxygens (including phenoxy) is 1. The predicted octanol–water partition coefficient (Wildman–Crippen LogP) is 3.07. The van der Waals surface area contributed by atoms with Crippen molar-refractivity contribution >= 4 is 16.9 Å². The van der Waals surface area contributed by atoms with Gasteiger partial charge in [-0.3, -0.25) is 13.9 Å². The topological polar surface area (TPSA) is 65.3 Å². The summed E-state index contributed by atoms with van der Waals surface area (Å²) in [5.41, 5.74) is 1.48. The van der Waals surface area contributed by atoms with E-state index in [9.17, 15) is 18.4 Å². The third-order valence-corrected chi connectivity index (χ3v) is 4.59. The number of para-hydroxylation sites is 2. The van der Waals surface area contributed by atoms with Crippen molar-refractivity contribution in [2.45, 2.75) is 39.4 Å². The zero-order valence-electron chi connectivity index (χ0n) is 16.3. The number of carbonyl (C=O) groups is 1. The lowest BCUT2D eigenvalue weighted by Crippen LogP contribution is -2.37. The molecule has 1 N–H and O–H groups in total. The maximum absolute atomic E-state index is 13.6. The lowest BCUT2D eigenvalue weighted by molar-refractivity contribution is -0.122. The van der Waals surface area contributed by atoms with Crippen LogP contribution in [0.3, 0.4) is 0 Å². The molecular weight excluding hydrogens is 380 g/mol. The van der Waals surface area contributed by atoms with Gasteiger partial charge in [-0.2, -0.15) is 0 Å². The van der Waals surface area contributed by atoms with Crippen LogP contribution in [0.25, 0.3) is 11.0 Å². The lowest BCUT2D eigenvalue weighted by Gasteiger charge is -2.15. The van der Waals surface area contributed by atoms with Gasteiger partial charge in [-0.05, 0) is 38.1 Å². The molecule has 1 aromatic heterocycles. The predicted molar refractivity (Wildman–Crippen MR) is 106 cm³/mol. The molecule has 0 aliphatic carbocycles. The molecule has 3 rings (SSSR count). The Morgan fingerprint density at radius 2 is 1.83 bits per heavy atom. The molecule has 1 unspecified atom stereocenters. The number of aryl methyl sites for hydroxylation is 2. The minimum absolute atomic E-state index is 0.0311. The summed E-state index contributed by atoms with van der Waals surface area (Å²) >= 11 is 0. The molecule has 0 fully saturated rings. The SMILES string of the molecule is CCn1c(=O)n(CCC(=O)NC(C)COc2ccc(F)cc2F)c2ccccc21. The lowest BCUT2D eigenvalue weighted by atomic mass is 10.3. The number of halogens is 2. The highest BCUT2D eigenvalue weighted by molar-refractivity contribution is 5.78. The van der Waals surface area contributed by atoms with Crippen LogP contribution in [0, 0.1) is 11.6 Å². The van der Waals surface area contributed by atoms with Crippen molar-refractivity contribution in [2.24, 2.45) is 0 Å². The quantitative estimate of drug-likeness (QED) is 0.629. The largest absolute Gasteiger partial charge is 0.488 e. The van der Waals surface area contributed by atoms with Crippen molar-refractivity contribution in [3.8, 4) is 5.75 Å². The van der Waals surface area contributed by atoms with Gasteiger partial charge in [0.25, 0.3) is 0 Å². The third kappa shape index (κ3) is 4.64. The fourth-order valence-corrected chi connectivity index (χ4v) is 3.20. The number of aromatic nitrogens is 2. The minimum atomic E-state index is -0.796. The van der Waals surface area contributed by atoms with Gasteiger partial charge in [-0.15, -0.1) is 0 Å². The van der Waals surface area contributed by atoms with Crippen LogP contribution in [0.15, 0.2) is 47.3 Å². The molecule has 0 radical (unpaired) electrons. The summed E-state index contributed by atoms with van der Waals surface area (Å²) in [5, 5.41) is 2.76. The Morgan fingerprint density at radius 3 is 2.48 bits per heavy atom. The van der Waals surface area contributed by atoms with Crippen LogP contribution in [-0.4, -0.2) is 27.7 Å². The Kier molecular flexibility index (Phi) is 6.31. The molecule has 1 heterocycles. The second-order valence-electron chi connectivity index (χ2n) is 6.77. The van der Waals surface area contributed by atoms with E-state index < -0.39 is 11.6 Å². The van der Waals surface area contributed by atoms with Crippen molar-refractivity contribution in [2.75, 3.05) is 6.61 Å². The first-order valence-corrected chi connectivity index (χ1v) is 9.46. The van der Waals surface area contributed by atoms with Gasteiger partial charge in [0, 0.05) is 25.6 Å². The summed E-state index contributed by atoms with van der Waals surface area (Å²) in [6.07, 6.45) is 0.118. The monoisotopic (exact) mass is 403 g/mol. The molecule has 1 amide bonds. The average Bonchev–Trinajstić information content (AvgIpc) is 2.96. The molecule has 0 bridgehead atoms. The number of nitrogens with zero attached hydrogens (tertiary/aromatic N) is 2. The van der Waals surface area contributed by atoms with Crippen LogP contribution < -0.4 is 15.7 Å². The van der Waals surface area contributed by atoms with E-state index in [0.29, 0.717) is 6.54 Å². The first kappa shape index (κ1) is 20.6. The minimum Gasteiger partial charge on any atom is -0.488 e. The molecule has 6 nitrogen and oxygen atoms in total. The number of hydrogen-bond donors (Lipinski definition) is 1. The van der Waals surface area contributed by atoms with E-state index in [-0.39, 0.29) is 43.0 Å². The van der Waals surface area contributed by atoms with E-state index in [1.54, 1.807) is 16.1 Å². The molecule has 8 heteroatoms. The first-order valence-electron chi connectivity index (χ1n) is 9.46. The molecule has 0 saturated heterocycles. The molecule has 0 aliphatic rings. The van der Waals surface area contributed by atoms with Crippen LogP contribution in [0.4, 0.5) is 8.78 Å². The van der Waals surface area contributed by atoms with Gasteiger partial charge >= 0.3 is 5.69 Å². The normalized spacial score (nSPS) is 12.1. The molecule has 3 aromatic rings. The van der Waals surface area contributed by atoms with Crippen LogP contribution in [0.1, 0.15) is 20.3 Å². The van der Waals surface area contributed by atoms with E-state index in [1.165, 1.54) is 6.07 Å². The Balaban J connectivity index is 1.57. The fraction of sp³-hybridized carbons (Fsp3) is 0.333. The number of benzene rings is 2. The van der Waals surface area contributed by atoms with Crippen molar-refractivity contribution in [3.05, 3.63) is 64.6 Å². The molecule has 154 valence electrons. The molecule has 29 heavy (non-hydrogen) atoms. The van der Waals surface area contributed by atoms with Gasteiger partial charge in [0.2, 0.25) is 5.91 Å². The van der Waals surface area contributed by atoms with Crippen molar-refractivity contribution in [1.82, 2.24) is 14.5 Å². The van der Waals surface area contributed by atoms with E-state index in [4.69, 9.17) is 4.74 Å². The average molecular weight is 403 g/mol. The fourth-order valence-electron chi connectivity index (χ4n) is 3.20. The molecule has 0 aliphatic heterocycles. The standard InChI is InChI=1S/C21H23F2N3O3/c1-3-25-17-6-4-5-7-18(17)26(21(25)28)11-10-20(27)24-14(2)13-29-19-9-8-15(22)12-16(19)23/h4-9,12,14H,3,10-11,13H2,1-2H3,(H,24,27). The summed E-state index contributed by atoms with van der Waals surface area (Å²) in [4.78, 5) is 24.8. The number of hydrogen-bond acceptors (Lipinski definition) is 3. The Morgan fingerprint density at radius 1 is 1.14 bits per heavy atom. The summed E-state index contributed by atoms with van der Waals surface area (Å²) in [5.74, 6) is -1.81. The summed E-state index contributed by atoms with van der Waals surface area (Å²) in [7, 11) is 0. The first-order chi connectivity index (χ1) is 13.9. The van der Waals surface area contributed by atoms with Crippen molar-refractivity contribution in [3.63, 3.8) is 0 Å². The molecule has 1 atom stereocenters. The maximum Gasteiger partial charge on any atom is 0.329 e. The van der Waals surface area contributed by atoms with Crippen molar-refractivity contribution < 1.29 is 18.3 Å². The zero-order chi connectivity index (χ0) is 21.0. The van der Waals surface area contributed by atoms with E-state index in [2.05, 4.69) is 5.32 Å². The molecule has 2 aromatic carbocycles. The molecular formula is C21H23F2N3O3. The number of imidazole rings is 1. The van der Waals surface area contributed by atoms with E-state index in [1.807, 2.05) is 31.2 Å². The van der Waals surface area contributed by atoms with Gasteiger partial charge in [-0.1, -0.05) is 12.1 Å². The molecule has 0 saturated carbocycles. The van der Waals surface area contributed by atoms with Crippen LogP contribution in [-0.2, 0) is 17.9 Å². The number of rotatable bonds is 8. The number of amides is 1. The van der Waals surface area contributed by atoms with Gasteiger partial charge in [0.1, 0.15) is 12.4 Å². The Bertz CT molecular complexity index is 1070. The van der Waals surface area contributed by atoms with Gasteiger partial charge in [0.05, 0.1) is 17.1 Å². The van der Waals surface area contributed by atoms with Crippen molar-refractivity contribution in [1.29, 1.82) is 0 Å². The third-order valence-electron chi connectivity index (χ3n) is 4.59. The summed E-state index contributed by atoms with van der Waals surface area (Å²) in [6, 6.07) is 10.1. The van der Waals surface area contributed by atoms with Gasteiger partial charge in [0.15, 0.2) is 11.6 Å². The summed E-state index contributed by atoms with van der Waals surface area (Å²) < 4.78 is 35.1. The number of nitrogens with one attached hydrogen (secondary N) is 1. The van der Waals surface area contributed by atoms with E-state index in [0.717, 1.165) is 23.2 Å². The highest BCUT2D eigenvalue weighted by atomic mass is 19.1. The number of fused-ring (bicyclic) bond motifs is 1. The second-order valence-corrected chi connectivity index (χ2v) is 6.77. The maximum atomic E-state index is 13.6. The van der Waals surface area contributed by atoms with Gasteiger partial charge in [-0.25, -0.2) is 13.6 Å². The Hall–Kier alpha value is -3.16. The van der Waals surface area contributed by atoms with Gasteiger partial charge < -0.3 is 10.1 Å². The Labute approximate surface area is 166 Å². The number of carbonyl (C=O) groups excluding carboxylic acids is 1. The second kappa shape index (κ2) is 8.89. The van der Waals surface area contributed by atoms with E-state index >= 15 is 0 Å². The molecule has 0 spiro atoms. The summed E-state index contributed by atoms with van der Waals surface area (Å²) in [6.45, 7) is 4.44. The van der Waals surface area contributed by atoms with Crippen LogP contribution in [0.2, 0.25) is 0 Å². The van der Waals surface area contributed by atoms with Crippen LogP contribution in [0.5, 0.6) is 5.75 Å². The zero-order valence-corrected chi connectivity index (χ0v) is 16.3. The smallest absolute Gasteiger partial charge is 0.329 e. The highest BCUT2D eigenvalue weighted by Gasteiger charge is 2.14. The highest BCUT2D eigenvalue weighted by Crippen LogP contribution is 2.17.